The fraction of sp³-hybridized carbons (Fsp3) is 0.200. The van der Waals surface area contributed by atoms with E-state index >= 15 is 0 Å². The van der Waals surface area contributed by atoms with Crippen LogP contribution >= 0.6 is 15.9 Å². The molecule has 98 valence electrons. The van der Waals surface area contributed by atoms with Crippen LogP contribution in [-0.4, -0.2) is 11.7 Å². The molecule has 1 aliphatic heterocycles. The zero-order chi connectivity index (χ0) is 13.2. The van der Waals surface area contributed by atoms with Crippen molar-refractivity contribution >= 4 is 21.6 Å². The van der Waals surface area contributed by atoms with E-state index in [-0.39, 0.29) is 0 Å². The summed E-state index contributed by atoms with van der Waals surface area (Å²) < 4.78 is 6.19. The number of para-hydroxylation sites is 1. The largest absolute Gasteiger partial charge is 0.506 e. The molecule has 0 atom stereocenters. The molecular formula is C15H14BrNO2. The third kappa shape index (κ3) is 2.54. The highest BCUT2D eigenvalue weighted by molar-refractivity contribution is 9.10. The standard InChI is InChI=1S/C15H14BrNO2/c16-13-3-1-2-11(15(13)18)9-17-12-4-5-14-10(8-12)6-7-19-14/h1-5,8,17-18H,6-7,9H2. The summed E-state index contributed by atoms with van der Waals surface area (Å²) in [4.78, 5) is 0. The molecule has 2 aromatic rings. The van der Waals surface area contributed by atoms with E-state index in [4.69, 9.17) is 4.74 Å². The van der Waals surface area contributed by atoms with Gasteiger partial charge in [0.15, 0.2) is 0 Å². The van der Waals surface area contributed by atoms with Crippen LogP contribution in [0.4, 0.5) is 5.69 Å². The Bertz CT molecular complexity index is 613. The summed E-state index contributed by atoms with van der Waals surface area (Å²) in [6.07, 6.45) is 0.965. The Hall–Kier alpha value is -1.68. The number of phenols is 1. The van der Waals surface area contributed by atoms with Crippen molar-refractivity contribution < 1.29 is 9.84 Å². The van der Waals surface area contributed by atoms with E-state index in [0.29, 0.717) is 16.8 Å². The van der Waals surface area contributed by atoms with E-state index in [1.165, 1.54) is 5.56 Å². The van der Waals surface area contributed by atoms with Gasteiger partial charge in [0, 0.05) is 24.2 Å². The highest BCUT2D eigenvalue weighted by atomic mass is 79.9. The van der Waals surface area contributed by atoms with Crippen LogP contribution in [0.25, 0.3) is 0 Å². The van der Waals surface area contributed by atoms with Gasteiger partial charge in [0.25, 0.3) is 0 Å². The average molecular weight is 320 g/mol. The van der Waals surface area contributed by atoms with Crippen LogP contribution < -0.4 is 10.1 Å². The summed E-state index contributed by atoms with van der Waals surface area (Å²) in [5.41, 5.74) is 3.15. The topological polar surface area (TPSA) is 41.5 Å². The van der Waals surface area contributed by atoms with Crippen molar-refractivity contribution in [1.29, 1.82) is 0 Å². The summed E-state index contributed by atoms with van der Waals surface area (Å²) in [7, 11) is 0. The average Bonchev–Trinajstić information content (AvgIpc) is 2.88. The minimum absolute atomic E-state index is 0.291. The van der Waals surface area contributed by atoms with Gasteiger partial charge < -0.3 is 15.2 Å². The molecule has 0 amide bonds. The Morgan fingerprint density at radius 1 is 1.26 bits per heavy atom. The smallest absolute Gasteiger partial charge is 0.134 e. The maximum Gasteiger partial charge on any atom is 0.134 e. The Morgan fingerprint density at radius 3 is 3.05 bits per heavy atom. The van der Waals surface area contributed by atoms with E-state index in [9.17, 15) is 5.11 Å². The fourth-order valence-electron chi connectivity index (χ4n) is 2.20. The van der Waals surface area contributed by atoms with E-state index in [0.717, 1.165) is 30.0 Å². The third-order valence-electron chi connectivity index (χ3n) is 3.24. The first-order valence-electron chi connectivity index (χ1n) is 6.20. The lowest BCUT2D eigenvalue weighted by molar-refractivity contribution is 0.357. The number of fused-ring (bicyclic) bond motifs is 1. The van der Waals surface area contributed by atoms with Crippen LogP contribution in [0.3, 0.4) is 0 Å². The number of halogens is 1. The van der Waals surface area contributed by atoms with E-state index < -0.39 is 0 Å². The molecule has 19 heavy (non-hydrogen) atoms. The molecule has 1 heterocycles. The number of hydrogen-bond acceptors (Lipinski definition) is 3. The molecule has 1 aliphatic rings. The van der Waals surface area contributed by atoms with Gasteiger partial charge in [0.2, 0.25) is 0 Å². The van der Waals surface area contributed by atoms with Crippen molar-refractivity contribution in [3.63, 3.8) is 0 Å². The van der Waals surface area contributed by atoms with E-state index in [1.54, 1.807) is 0 Å². The number of anilines is 1. The molecule has 3 rings (SSSR count). The molecule has 0 bridgehead atoms. The van der Waals surface area contributed by atoms with Gasteiger partial charge in [0.1, 0.15) is 11.5 Å². The highest BCUT2D eigenvalue weighted by Crippen LogP contribution is 2.30. The fourth-order valence-corrected chi connectivity index (χ4v) is 2.60. The Kier molecular flexibility index (Phi) is 3.34. The maximum atomic E-state index is 9.92. The number of benzene rings is 2. The lowest BCUT2D eigenvalue weighted by atomic mass is 10.1. The van der Waals surface area contributed by atoms with Gasteiger partial charge in [-0.15, -0.1) is 0 Å². The minimum Gasteiger partial charge on any atom is -0.506 e. The van der Waals surface area contributed by atoms with E-state index in [2.05, 4.69) is 27.3 Å². The number of nitrogens with one attached hydrogen (secondary N) is 1. The number of ether oxygens (including phenoxy) is 1. The Labute approximate surface area is 120 Å². The first-order valence-corrected chi connectivity index (χ1v) is 6.99. The monoisotopic (exact) mass is 319 g/mol. The number of hydrogen-bond donors (Lipinski definition) is 2. The number of aromatic hydroxyl groups is 1. The van der Waals surface area contributed by atoms with Crippen LogP contribution in [0.1, 0.15) is 11.1 Å². The van der Waals surface area contributed by atoms with Gasteiger partial charge in [-0.25, -0.2) is 0 Å². The minimum atomic E-state index is 0.291. The lowest BCUT2D eigenvalue weighted by Crippen LogP contribution is -2.00. The van der Waals surface area contributed by atoms with Crippen molar-refractivity contribution in [2.24, 2.45) is 0 Å². The summed E-state index contributed by atoms with van der Waals surface area (Å²) in [6, 6.07) is 11.7. The third-order valence-corrected chi connectivity index (χ3v) is 3.88. The maximum absolute atomic E-state index is 9.92. The van der Waals surface area contributed by atoms with Gasteiger partial charge >= 0.3 is 0 Å². The summed E-state index contributed by atoms with van der Waals surface area (Å²) >= 11 is 3.32. The van der Waals surface area contributed by atoms with Crippen molar-refractivity contribution in [2.75, 3.05) is 11.9 Å². The van der Waals surface area contributed by atoms with Crippen molar-refractivity contribution in [3.05, 3.63) is 52.0 Å². The number of rotatable bonds is 3. The van der Waals surface area contributed by atoms with Gasteiger partial charge in [0.05, 0.1) is 11.1 Å². The molecular weight excluding hydrogens is 306 g/mol. The molecule has 0 radical (unpaired) electrons. The van der Waals surface area contributed by atoms with Crippen LogP contribution in [-0.2, 0) is 13.0 Å². The van der Waals surface area contributed by atoms with Crippen molar-refractivity contribution in [1.82, 2.24) is 0 Å². The number of phenolic OH excluding ortho intramolecular Hbond substituents is 1. The summed E-state index contributed by atoms with van der Waals surface area (Å²) in [5.74, 6) is 1.27. The Balaban J connectivity index is 1.74. The summed E-state index contributed by atoms with van der Waals surface area (Å²) in [5, 5.41) is 13.2. The molecule has 0 unspecified atom stereocenters. The van der Waals surface area contributed by atoms with Crippen molar-refractivity contribution in [3.8, 4) is 11.5 Å². The Morgan fingerprint density at radius 2 is 2.16 bits per heavy atom. The van der Waals surface area contributed by atoms with Gasteiger partial charge in [-0.2, -0.15) is 0 Å². The molecule has 2 aromatic carbocycles. The first kappa shape index (κ1) is 12.4. The summed E-state index contributed by atoms with van der Waals surface area (Å²) in [6.45, 7) is 1.36. The molecule has 3 nitrogen and oxygen atoms in total. The molecule has 0 aromatic heterocycles. The van der Waals surface area contributed by atoms with Crippen LogP contribution in [0.5, 0.6) is 11.5 Å². The lowest BCUT2D eigenvalue weighted by Gasteiger charge is -2.10. The quantitative estimate of drug-likeness (QED) is 0.906. The van der Waals surface area contributed by atoms with E-state index in [1.807, 2.05) is 30.3 Å². The second-order valence-electron chi connectivity index (χ2n) is 4.52. The molecule has 4 heteroatoms. The zero-order valence-electron chi connectivity index (χ0n) is 10.3. The van der Waals surface area contributed by atoms with Crippen LogP contribution in [0, 0.1) is 0 Å². The zero-order valence-corrected chi connectivity index (χ0v) is 11.9. The first-order chi connectivity index (χ1) is 9.24. The van der Waals surface area contributed by atoms with Crippen LogP contribution in [0.15, 0.2) is 40.9 Å². The second kappa shape index (κ2) is 5.13. The SMILES string of the molecule is Oc1c(Br)cccc1CNc1ccc2c(c1)CCO2. The molecule has 0 aliphatic carbocycles. The van der Waals surface area contributed by atoms with Gasteiger partial charge in [-0.05, 0) is 45.8 Å². The predicted molar refractivity (Wildman–Crippen MR) is 78.8 cm³/mol. The predicted octanol–water partition coefficient (Wildman–Crippen LogP) is 3.70. The van der Waals surface area contributed by atoms with Crippen molar-refractivity contribution in [2.45, 2.75) is 13.0 Å². The molecule has 0 fully saturated rings. The molecule has 0 spiro atoms. The normalized spacial score (nSPS) is 12.9. The highest BCUT2D eigenvalue weighted by Gasteiger charge is 2.12. The van der Waals surface area contributed by atoms with Crippen LogP contribution in [0.2, 0.25) is 0 Å². The molecule has 2 N–H and O–H groups in total. The van der Waals surface area contributed by atoms with Gasteiger partial charge in [-0.1, -0.05) is 12.1 Å². The van der Waals surface area contributed by atoms with Gasteiger partial charge in [-0.3, -0.25) is 0 Å². The second-order valence-corrected chi connectivity index (χ2v) is 5.38. The molecule has 0 saturated carbocycles. The molecule has 0 saturated heterocycles.